The SMILES string of the molecule is CCNc1nnc(C2=CC3=NCC(c4cccc(NC(=O)NCC(F)(F)F)c4)N3C=C2)s1. The lowest BCUT2D eigenvalue weighted by Gasteiger charge is -2.26. The summed E-state index contributed by atoms with van der Waals surface area (Å²) < 4.78 is 36.8. The fraction of sp³-hybridized carbons (Fsp3) is 0.300. The molecule has 3 N–H and O–H groups in total. The molecule has 1 aromatic carbocycles. The molecule has 8 nitrogen and oxygen atoms in total. The Labute approximate surface area is 185 Å². The molecule has 0 saturated carbocycles. The van der Waals surface area contributed by atoms with Gasteiger partial charge in [0, 0.05) is 24.0 Å². The van der Waals surface area contributed by atoms with Gasteiger partial charge in [0.15, 0.2) is 0 Å². The van der Waals surface area contributed by atoms with Crippen molar-refractivity contribution in [3.05, 3.63) is 53.2 Å². The Kier molecular flexibility index (Phi) is 6.12. The summed E-state index contributed by atoms with van der Waals surface area (Å²) >= 11 is 1.47. The molecule has 0 bridgehead atoms. The number of nitrogens with zero attached hydrogens (tertiary/aromatic N) is 4. The van der Waals surface area contributed by atoms with E-state index >= 15 is 0 Å². The molecule has 4 rings (SSSR count). The normalized spacial score (nSPS) is 17.5. The molecule has 3 heterocycles. The van der Waals surface area contributed by atoms with E-state index < -0.39 is 18.8 Å². The number of anilines is 2. The highest BCUT2D eigenvalue weighted by Gasteiger charge is 2.30. The maximum Gasteiger partial charge on any atom is 0.405 e. The minimum Gasteiger partial charge on any atom is -0.360 e. The van der Waals surface area contributed by atoms with E-state index in [1.807, 2.05) is 36.2 Å². The molecule has 168 valence electrons. The van der Waals surface area contributed by atoms with Gasteiger partial charge in [-0.15, -0.1) is 10.2 Å². The predicted molar refractivity (Wildman–Crippen MR) is 118 cm³/mol. The van der Waals surface area contributed by atoms with Gasteiger partial charge in [-0.3, -0.25) is 4.99 Å². The van der Waals surface area contributed by atoms with Crippen LogP contribution in [-0.4, -0.2) is 52.8 Å². The van der Waals surface area contributed by atoms with E-state index in [2.05, 4.69) is 25.8 Å². The summed E-state index contributed by atoms with van der Waals surface area (Å²) in [6.07, 6.45) is 1.35. The average Bonchev–Trinajstić information content (AvgIpc) is 3.39. The first-order valence-electron chi connectivity index (χ1n) is 9.84. The molecular weight excluding hydrogens is 443 g/mol. The van der Waals surface area contributed by atoms with Crippen LogP contribution in [0.15, 0.2) is 47.6 Å². The third kappa shape index (κ3) is 5.07. The number of nitrogens with one attached hydrogen (secondary N) is 3. The molecule has 32 heavy (non-hydrogen) atoms. The van der Waals surface area contributed by atoms with Crippen molar-refractivity contribution >= 4 is 39.6 Å². The minimum atomic E-state index is -4.47. The Morgan fingerprint density at radius 2 is 2.16 bits per heavy atom. The van der Waals surface area contributed by atoms with Crippen molar-refractivity contribution in [1.82, 2.24) is 20.4 Å². The molecule has 2 amide bonds. The van der Waals surface area contributed by atoms with Crippen molar-refractivity contribution < 1.29 is 18.0 Å². The molecule has 1 unspecified atom stereocenters. The van der Waals surface area contributed by atoms with Gasteiger partial charge < -0.3 is 20.9 Å². The smallest absolute Gasteiger partial charge is 0.360 e. The zero-order valence-corrected chi connectivity index (χ0v) is 17.8. The van der Waals surface area contributed by atoms with Crippen LogP contribution >= 0.6 is 11.3 Å². The van der Waals surface area contributed by atoms with Crippen molar-refractivity contribution in [3.63, 3.8) is 0 Å². The number of rotatable bonds is 6. The zero-order valence-electron chi connectivity index (χ0n) is 17.0. The number of hydrogen-bond donors (Lipinski definition) is 3. The van der Waals surface area contributed by atoms with Crippen molar-refractivity contribution in [2.45, 2.75) is 19.1 Å². The Balaban J connectivity index is 1.43. The van der Waals surface area contributed by atoms with Crippen LogP contribution < -0.4 is 16.0 Å². The largest absolute Gasteiger partial charge is 0.405 e. The van der Waals surface area contributed by atoms with Crippen LogP contribution in [0.4, 0.5) is 28.8 Å². The van der Waals surface area contributed by atoms with E-state index in [1.54, 1.807) is 23.5 Å². The minimum absolute atomic E-state index is 0.0919. The monoisotopic (exact) mass is 463 g/mol. The van der Waals surface area contributed by atoms with E-state index in [1.165, 1.54) is 11.3 Å². The second-order valence-electron chi connectivity index (χ2n) is 7.03. The van der Waals surface area contributed by atoms with Gasteiger partial charge >= 0.3 is 12.2 Å². The zero-order chi connectivity index (χ0) is 22.7. The number of urea groups is 1. The topological polar surface area (TPSA) is 94.5 Å². The molecule has 12 heteroatoms. The first-order valence-corrected chi connectivity index (χ1v) is 10.7. The summed E-state index contributed by atoms with van der Waals surface area (Å²) in [5, 5.41) is 17.2. The number of hydrogen-bond acceptors (Lipinski definition) is 7. The number of aromatic nitrogens is 2. The summed E-state index contributed by atoms with van der Waals surface area (Å²) in [6, 6.07) is 5.98. The van der Waals surface area contributed by atoms with Gasteiger partial charge in [0.1, 0.15) is 17.4 Å². The Morgan fingerprint density at radius 1 is 1.31 bits per heavy atom. The van der Waals surface area contributed by atoms with E-state index in [4.69, 9.17) is 0 Å². The molecule has 2 aliphatic heterocycles. The quantitative estimate of drug-likeness (QED) is 0.602. The molecule has 0 aliphatic carbocycles. The number of alkyl halides is 3. The highest BCUT2D eigenvalue weighted by atomic mass is 32.1. The standard InChI is InChI=1S/C20H20F3N7OS/c1-2-24-19-29-28-17(32-19)13-6-7-30-15(10-25-16(30)9-13)12-4-3-5-14(8-12)27-18(31)26-11-20(21,22)23/h3-9,15H,2,10-11H2,1H3,(H,24,29)(H2,26,27,31). The molecule has 2 aliphatic rings. The Hall–Kier alpha value is -3.41. The highest BCUT2D eigenvalue weighted by molar-refractivity contribution is 7.16. The Morgan fingerprint density at radius 3 is 2.94 bits per heavy atom. The maximum atomic E-state index is 12.3. The van der Waals surface area contributed by atoms with Crippen molar-refractivity contribution in [2.75, 3.05) is 30.3 Å². The summed E-state index contributed by atoms with van der Waals surface area (Å²) in [7, 11) is 0. The van der Waals surface area contributed by atoms with Crippen LogP contribution in [0, 0.1) is 0 Å². The van der Waals surface area contributed by atoms with Gasteiger partial charge in [-0.05, 0) is 36.8 Å². The number of allylic oxidation sites excluding steroid dienone is 2. The van der Waals surface area contributed by atoms with E-state index in [0.717, 1.165) is 33.7 Å². The molecule has 1 aromatic heterocycles. The highest BCUT2D eigenvalue weighted by Crippen LogP contribution is 2.34. The number of aliphatic imine (C=N–C) groups is 1. The third-order valence-electron chi connectivity index (χ3n) is 4.70. The first-order chi connectivity index (χ1) is 15.3. The van der Waals surface area contributed by atoms with E-state index in [-0.39, 0.29) is 6.04 Å². The van der Waals surface area contributed by atoms with Gasteiger partial charge in [-0.1, -0.05) is 23.5 Å². The molecule has 1 atom stereocenters. The number of fused-ring (bicyclic) bond motifs is 1. The van der Waals surface area contributed by atoms with Gasteiger partial charge in [0.2, 0.25) is 5.13 Å². The lowest BCUT2D eigenvalue weighted by Crippen LogP contribution is -2.36. The first kappa shape index (κ1) is 21.8. The van der Waals surface area contributed by atoms with Crippen LogP contribution in [0.5, 0.6) is 0 Å². The van der Waals surface area contributed by atoms with Crippen molar-refractivity contribution in [1.29, 1.82) is 0 Å². The van der Waals surface area contributed by atoms with Crippen LogP contribution in [-0.2, 0) is 0 Å². The predicted octanol–water partition coefficient (Wildman–Crippen LogP) is 4.02. The molecule has 0 saturated heterocycles. The Bertz CT molecular complexity index is 1090. The fourth-order valence-corrected chi connectivity index (χ4v) is 4.11. The summed E-state index contributed by atoms with van der Waals surface area (Å²) in [5.41, 5.74) is 2.20. The average molecular weight is 463 g/mol. The number of carbonyl (C=O) groups is 1. The van der Waals surface area contributed by atoms with Gasteiger partial charge in [0.05, 0.1) is 12.6 Å². The van der Waals surface area contributed by atoms with Gasteiger partial charge in [-0.2, -0.15) is 13.2 Å². The summed E-state index contributed by atoms with van der Waals surface area (Å²) in [5.74, 6) is 0.786. The molecule has 0 fully saturated rings. The number of halogens is 3. The molecular formula is C20H20F3N7OS. The van der Waals surface area contributed by atoms with Crippen LogP contribution in [0.25, 0.3) is 5.57 Å². The second kappa shape index (κ2) is 8.99. The second-order valence-corrected chi connectivity index (χ2v) is 8.01. The number of carbonyl (C=O) groups excluding carboxylic acids is 1. The lowest BCUT2D eigenvalue weighted by atomic mass is 10.0. The van der Waals surface area contributed by atoms with Gasteiger partial charge in [-0.25, -0.2) is 4.79 Å². The molecule has 0 spiro atoms. The maximum absolute atomic E-state index is 12.3. The molecule has 2 aromatic rings. The third-order valence-corrected chi connectivity index (χ3v) is 5.63. The van der Waals surface area contributed by atoms with Gasteiger partial charge in [0.25, 0.3) is 0 Å². The van der Waals surface area contributed by atoms with Crippen molar-refractivity contribution in [2.24, 2.45) is 4.99 Å². The van der Waals surface area contributed by atoms with Crippen molar-refractivity contribution in [3.8, 4) is 0 Å². The van der Waals surface area contributed by atoms with E-state index in [9.17, 15) is 18.0 Å². The molecule has 0 radical (unpaired) electrons. The summed E-state index contributed by atoms with van der Waals surface area (Å²) in [4.78, 5) is 18.4. The fourth-order valence-electron chi connectivity index (χ4n) is 3.30. The van der Waals surface area contributed by atoms with Crippen LogP contribution in [0.2, 0.25) is 0 Å². The number of benzene rings is 1. The summed E-state index contributed by atoms with van der Waals surface area (Å²) in [6.45, 7) is 1.87. The van der Waals surface area contributed by atoms with E-state index in [0.29, 0.717) is 12.2 Å². The van der Waals surface area contributed by atoms with Crippen LogP contribution in [0.3, 0.4) is 0 Å². The van der Waals surface area contributed by atoms with Crippen LogP contribution in [0.1, 0.15) is 23.5 Å². The number of amidine groups is 1. The lowest BCUT2D eigenvalue weighted by molar-refractivity contribution is -0.122. The number of amides is 2.